The molecule has 150 valence electrons. The maximum atomic E-state index is 13.0. The fraction of sp³-hybridized carbons (Fsp3) is 0.118. The van der Waals surface area contributed by atoms with E-state index in [1.165, 1.54) is 42.1 Å². The van der Waals surface area contributed by atoms with E-state index in [9.17, 15) is 28.6 Å². The molecule has 10 nitrogen and oxygen atoms in total. The second-order valence-electron chi connectivity index (χ2n) is 5.96. The first kappa shape index (κ1) is 20.5. The van der Waals surface area contributed by atoms with Crippen molar-refractivity contribution in [1.29, 1.82) is 0 Å². The Morgan fingerprint density at radius 3 is 2.17 bits per heavy atom. The summed E-state index contributed by atoms with van der Waals surface area (Å²) in [7, 11) is -4.14. The summed E-state index contributed by atoms with van der Waals surface area (Å²) in [5.74, 6) is 0. The number of benzene rings is 2. The van der Waals surface area contributed by atoms with Crippen molar-refractivity contribution in [2.45, 2.75) is 28.5 Å². The van der Waals surface area contributed by atoms with Crippen LogP contribution in [-0.2, 0) is 10.0 Å². The van der Waals surface area contributed by atoms with E-state index in [2.05, 4.69) is 5.10 Å². The van der Waals surface area contributed by atoms with Gasteiger partial charge >= 0.3 is 0 Å². The minimum absolute atomic E-state index is 0.0493. The molecule has 0 bridgehead atoms. The van der Waals surface area contributed by atoms with Crippen molar-refractivity contribution in [2.24, 2.45) is 0 Å². The van der Waals surface area contributed by atoms with Crippen LogP contribution in [-0.4, -0.2) is 27.5 Å². The van der Waals surface area contributed by atoms with E-state index in [4.69, 9.17) is 0 Å². The topological polar surface area (TPSA) is 138 Å². The molecule has 0 aliphatic heterocycles. The molecule has 0 N–H and O–H groups in total. The summed E-state index contributed by atoms with van der Waals surface area (Å²) < 4.78 is 26.8. The zero-order valence-corrected chi connectivity index (χ0v) is 16.8. The van der Waals surface area contributed by atoms with E-state index < -0.39 is 19.9 Å². The number of nitrogens with zero attached hydrogens (tertiary/aromatic N) is 4. The lowest BCUT2D eigenvalue weighted by Crippen LogP contribution is -2.16. The smallest absolute Gasteiger partial charge is 0.258 e. The lowest BCUT2D eigenvalue weighted by atomic mass is 10.3. The highest BCUT2D eigenvalue weighted by Gasteiger charge is 2.25. The minimum atomic E-state index is -4.14. The Kier molecular flexibility index (Phi) is 5.40. The molecule has 1 aromatic heterocycles. The van der Waals surface area contributed by atoms with Crippen molar-refractivity contribution in [3.05, 3.63) is 80.1 Å². The molecule has 0 aliphatic carbocycles. The van der Waals surface area contributed by atoms with Crippen LogP contribution in [0.3, 0.4) is 0 Å². The third-order valence-electron chi connectivity index (χ3n) is 4.01. The minimum Gasteiger partial charge on any atom is -0.258 e. The average Bonchev–Trinajstić information content (AvgIpc) is 2.97. The van der Waals surface area contributed by atoms with Crippen LogP contribution in [0, 0.1) is 34.1 Å². The van der Waals surface area contributed by atoms with Crippen LogP contribution in [0.5, 0.6) is 0 Å². The van der Waals surface area contributed by atoms with Gasteiger partial charge in [-0.3, -0.25) is 20.2 Å². The largest absolute Gasteiger partial charge is 0.283 e. The highest BCUT2D eigenvalue weighted by Crippen LogP contribution is 2.35. The monoisotopic (exact) mass is 434 g/mol. The average molecular weight is 434 g/mol. The van der Waals surface area contributed by atoms with Crippen molar-refractivity contribution in [2.75, 3.05) is 0 Å². The first-order valence-corrected chi connectivity index (χ1v) is 10.4. The molecule has 0 atom stereocenters. The van der Waals surface area contributed by atoms with Gasteiger partial charge in [-0.15, -0.1) is 0 Å². The summed E-state index contributed by atoms with van der Waals surface area (Å²) in [5.41, 5.74) is 0.386. The first-order chi connectivity index (χ1) is 13.6. The fourth-order valence-corrected chi connectivity index (χ4v) is 4.99. The van der Waals surface area contributed by atoms with Crippen molar-refractivity contribution >= 4 is 33.2 Å². The van der Waals surface area contributed by atoms with Gasteiger partial charge in [0.1, 0.15) is 0 Å². The number of hydrogen-bond donors (Lipinski definition) is 0. The Labute approximate surface area is 169 Å². The molecule has 12 heteroatoms. The Balaban J connectivity index is 1.99. The lowest BCUT2D eigenvalue weighted by molar-refractivity contribution is -0.385. The quantitative estimate of drug-likeness (QED) is 0.423. The van der Waals surface area contributed by atoms with E-state index in [-0.39, 0.29) is 16.3 Å². The Morgan fingerprint density at radius 1 is 0.966 bits per heavy atom. The summed E-state index contributed by atoms with van der Waals surface area (Å²) in [5, 5.41) is 25.8. The van der Waals surface area contributed by atoms with Gasteiger partial charge in [0, 0.05) is 29.2 Å². The van der Waals surface area contributed by atoms with Crippen LogP contribution in [0.1, 0.15) is 11.4 Å². The predicted molar refractivity (Wildman–Crippen MR) is 105 cm³/mol. The molecule has 0 saturated carbocycles. The maximum absolute atomic E-state index is 13.0. The summed E-state index contributed by atoms with van der Waals surface area (Å²) in [4.78, 5) is 21.6. The molecule has 0 spiro atoms. The van der Waals surface area contributed by atoms with Gasteiger partial charge < -0.3 is 0 Å². The van der Waals surface area contributed by atoms with Crippen LogP contribution in [0.25, 0.3) is 0 Å². The Bertz CT molecular complexity index is 1220. The molecular formula is C17H14N4O6S2. The molecular weight excluding hydrogens is 420 g/mol. The molecule has 1 heterocycles. The van der Waals surface area contributed by atoms with E-state index in [1.54, 1.807) is 26.0 Å². The van der Waals surface area contributed by atoms with E-state index in [0.717, 1.165) is 10.2 Å². The first-order valence-electron chi connectivity index (χ1n) is 8.10. The molecule has 0 fully saturated rings. The summed E-state index contributed by atoms with van der Waals surface area (Å²) >= 11 is 1.22. The number of hydrogen-bond acceptors (Lipinski definition) is 8. The molecule has 0 radical (unpaired) electrons. The summed E-state index contributed by atoms with van der Waals surface area (Å²) in [6.07, 6.45) is 0. The van der Waals surface area contributed by atoms with Crippen molar-refractivity contribution in [3.63, 3.8) is 0 Å². The van der Waals surface area contributed by atoms with Gasteiger partial charge in [-0.1, -0.05) is 17.8 Å². The van der Waals surface area contributed by atoms with E-state index >= 15 is 0 Å². The number of rotatable bonds is 6. The van der Waals surface area contributed by atoms with Gasteiger partial charge in [0.15, 0.2) is 0 Å². The van der Waals surface area contributed by atoms with Gasteiger partial charge in [0.2, 0.25) is 0 Å². The van der Waals surface area contributed by atoms with Crippen LogP contribution in [0.2, 0.25) is 0 Å². The normalized spacial score (nSPS) is 11.4. The number of non-ortho nitro benzene ring substituents is 2. The number of nitro benzene ring substituents is 2. The predicted octanol–water partition coefficient (Wildman–Crippen LogP) is 3.70. The maximum Gasteiger partial charge on any atom is 0.283 e. The highest BCUT2D eigenvalue weighted by atomic mass is 32.2. The standard InChI is InChI=1S/C17H14N4O6S2/c1-11-17(28-15-8-6-13(7-9-15)20(22)23)12(2)19(18-11)29(26,27)16-5-3-4-14(10-16)21(24)25/h3-10H,1-2H3. The molecule has 0 saturated heterocycles. The molecule has 0 unspecified atom stereocenters. The third-order valence-corrected chi connectivity index (χ3v) is 6.97. The van der Waals surface area contributed by atoms with Gasteiger partial charge in [-0.25, -0.2) is 0 Å². The molecule has 3 rings (SSSR count). The number of aryl methyl sites for hydroxylation is 1. The summed E-state index contributed by atoms with van der Waals surface area (Å²) in [6, 6.07) is 10.6. The molecule has 0 amide bonds. The molecule has 2 aromatic carbocycles. The van der Waals surface area contributed by atoms with Crippen LogP contribution >= 0.6 is 11.8 Å². The third kappa shape index (κ3) is 3.98. The second kappa shape index (κ2) is 7.64. The van der Waals surface area contributed by atoms with Gasteiger partial charge in [-0.05, 0) is 32.0 Å². The SMILES string of the molecule is Cc1nn(S(=O)(=O)c2cccc([N+](=O)[O-])c2)c(C)c1Sc1ccc([N+](=O)[O-])cc1. The van der Waals surface area contributed by atoms with Crippen molar-refractivity contribution < 1.29 is 18.3 Å². The number of aromatic nitrogens is 2. The zero-order chi connectivity index (χ0) is 21.3. The molecule has 0 aliphatic rings. The molecule has 29 heavy (non-hydrogen) atoms. The lowest BCUT2D eigenvalue weighted by Gasteiger charge is -2.07. The van der Waals surface area contributed by atoms with E-state index in [1.807, 2.05) is 0 Å². The van der Waals surface area contributed by atoms with Gasteiger partial charge in [0.25, 0.3) is 21.4 Å². The van der Waals surface area contributed by atoms with Crippen molar-refractivity contribution in [1.82, 2.24) is 9.19 Å². The van der Waals surface area contributed by atoms with Gasteiger partial charge in [-0.2, -0.15) is 17.6 Å². The second-order valence-corrected chi connectivity index (χ2v) is 8.81. The number of nitro groups is 2. The van der Waals surface area contributed by atoms with Crippen molar-refractivity contribution in [3.8, 4) is 0 Å². The Hall–Kier alpha value is -3.25. The zero-order valence-electron chi connectivity index (χ0n) is 15.2. The van der Waals surface area contributed by atoms with Crippen LogP contribution in [0.15, 0.2) is 63.2 Å². The van der Waals surface area contributed by atoms with Crippen LogP contribution < -0.4 is 0 Å². The van der Waals surface area contributed by atoms with Crippen LogP contribution in [0.4, 0.5) is 11.4 Å². The summed E-state index contributed by atoms with van der Waals surface area (Å²) in [6.45, 7) is 3.21. The van der Waals surface area contributed by atoms with E-state index in [0.29, 0.717) is 21.2 Å². The van der Waals surface area contributed by atoms with Gasteiger partial charge in [0.05, 0.1) is 31.0 Å². The molecule has 3 aromatic rings. The Morgan fingerprint density at radius 2 is 1.59 bits per heavy atom. The fourth-order valence-electron chi connectivity index (χ4n) is 2.60. The highest BCUT2D eigenvalue weighted by molar-refractivity contribution is 7.99.